The molecule has 8 nitrogen and oxygen atoms in total. The molecule has 2 fully saturated rings. The fraction of sp³-hybridized carbons (Fsp3) is 0.531. The maximum absolute atomic E-state index is 14.9. The van der Waals surface area contributed by atoms with Crippen molar-refractivity contribution < 1.29 is 38.1 Å². The molecule has 2 saturated heterocycles. The Balaban J connectivity index is 1.80. The van der Waals surface area contributed by atoms with E-state index in [1.807, 2.05) is 0 Å². The van der Waals surface area contributed by atoms with E-state index in [-0.39, 0.29) is 30.9 Å². The molecule has 0 aliphatic carbocycles. The third-order valence-electron chi connectivity index (χ3n) is 8.10. The predicted octanol–water partition coefficient (Wildman–Crippen LogP) is 6.35. The van der Waals surface area contributed by atoms with Crippen LogP contribution in [0, 0.1) is 24.1 Å². The third kappa shape index (κ3) is 6.56. The molecule has 222 valence electrons. The van der Waals surface area contributed by atoms with Gasteiger partial charge >= 0.3 is 12.1 Å². The second kappa shape index (κ2) is 12.2. The van der Waals surface area contributed by atoms with E-state index in [4.69, 9.17) is 14.2 Å². The molecule has 0 spiro atoms. The minimum atomic E-state index is -1.57. The van der Waals surface area contributed by atoms with Crippen molar-refractivity contribution in [2.45, 2.75) is 78.1 Å². The van der Waals surface area contributed by atoms with Crippen LogP contribution in [0.3, 0.4) is 0 Å². The molecule has 0 saturated carbocycles. The van der Waals surface area contributed by atoms with E-state index in [0.29, 0.717) is 23.5 Å². The third-order valence-corrected chi connectivity index (χ3v) is 8.10. The van der Waals surface area contributed by atoms with Crippen LogP contribution in [-0.2, 0) is 14.3 Å². The number of halogens is 1. The molecule has 0 aromatic heterocycles. The number of hydrogen-bond acceptors (Lipinski definition) is 6. The SMILES string of the molecule is CC[C@]1(C(=O)O)CN(C(=O)OC(C)(C)C)C[C@H](C(=O)c2cccc(OC3CCCCO3)c2)[C@@H]1c1cccc(F)c1C. The number of ketones is 1. The number of likely N-dealkylation sites (tertiary alicyclic amines) is 1. The van der Waals surface area contributed by atoms with Crippen molar-refractivity contribution in [3.05, 3.63) is 65.0 Å². The highest BCUT2D eigenvalue weighted by Crippen LogP contribution is 2.50. The quantitative estimate of drug-likeness (QED) is 0.388. The first-order chi connectivity index (χ1) is 19.4. The Hall–Kier alpha value is -3.46. The number of carboxylic acids is 1. The monoisotopic (exact) mass is 569 g/mol. The number of carboxylic acid groups (broad SMARTS) is 1. The number of carbonyl (C=O) groups excluding carboxylic acids is 2. The minimum Gasteiger partial charge on any atom is -0.481 e. The largest absolute Gasteiger partial charge is 0.481 e. The number of nitrogens with zero attached hydrogens (tertiary/aromatic N) is 1. The molecule has 0 bridgehead atoms. The van der Waals surface area contributed by atoms with Crippen LogP contribution in [0.4, 0.5) is 9.18 Å². The summed E-state index contributed by atoms with van der Waals surface area (Å²) in [6.07, 6.45) is 1.69. The number of piperidine rings is 1. The van der Waals surface area contributed by atoms with Crippen molar-refractivity contribution in [1.82, 2.24) is 4.90 Å². The van der Waals surface area contributed by atoms with Gasteiger partial charge in [-0.25, -0.2) is 9.18 Å². The molecule has 9 heteroatoms. The van der Waals surface area contributed by atoms with Gasteiger partial charge in [-0.15, -0.1) is 0 Å². The van der Waals surface area contributed by atoms with Crippen LogP contribution in [-0.4, -0.2) is 59.4 Å². The molecule has 4 rings (SSSR count). The molecule has 2 aromatic rings. The fourth-order valence-corrected chi connectivity index (χ4v) is 5.98. The van der Waals surface area contributed by atoms with Gasteiger partial charge in [-0.05, 0) is 76.3 Å². The van der Waals surface area contributed by atoms with Gasteiger partial charge in [-0.1, -0.05) is 31.2 Å². The van der Waals surface area contributed by atoms with Gasteiger partial charge in [-0.3, -0.25) is 9.59 Å². The molecule has 2 heterocycles. The van der Waals surface area contributed by atoms with Gasteiger partial charge in [-0.2, -0.15) is 0 Å². The molecule has 2 aliphatic heterocycles. The Labute approximate surface area is 240 Å². The summed E-state index contributed by atoms with van der Waals surface area (Å²) < 4.78 is 32.1. The van der Waals surface area contributed by atoms with Gasteiger partial charge in [0.1, 0.15) is 17.2 Å². The van der Waals surface area contributed by atoms with Crippen LogP contribution in [0.15, 0.2) is 42.5 Å². The zero-order chi connectivity index (χ0) is 29.9. The molecular weight excluding hydrogens is 529 g/mol. The summed E-state index contributed by atoms with van der Waals surface area (Å²) in [6, 6.07) is 11.2. The Morgan fingerprint density at radius 2 is 1.88 bits per heavy atom. The number of benzene rings is 2. The average Bonchev–Trinajstić information content (AvgIpc) is 2.93. The number of aliphatic carboxylic acids is 1. The highest BCUT2D eigenvalue weighted by atomic mass is 19.1. The molecular formula is C32H40FNO7. The summed E-state index contributed by atoms with van der Waals surface area (Å²) in [5.74, 6) is -3.44. The van der Waals surface area contributed by atoms with Crippen molar-refractivity contribution >= 4 is 17.8 Å². The average molecular weight is 570 g/mol. The molecule has 1 unspecified atom stereocenters. The number of hydrogen-bond donors (Lipinski definition) is 1. The van der Waals surface area contributed by atoms with Gasteiger partial charge in [0.15, 0.2) is 12.1 Å². The second-order valence-corrected chi connectivity index (χ2v) is 12.0. The lowest BCUT2D eigenvalue weighted by molar-refractivity contribution is -0.155. The Morgan fingerprint density at radius 1 is 1.15 bits per heavy atom. The lowest BCUT2D eigenvalue weighted by Crippen LogP contribution is -2.59. The van der Waals surface area contributed by atoms with Gasteiger partial charge in [0.25, 0.3) is 0 Å². The summed E-state index contributed by atoms with van der Waals surface area (Å²) >= 11 is 0. The van der Waals surface area contributed by atoms with Crippen molar-refractivity contribution in [1.29, 1.82) is 0 Å². The van der Waals surface area contributed by atoms with E-state index in [9.17, 15) is 23.9 Å². The first-order valence-corrected chi connectivity index (χ1v) is 14.2. The number of ether oxygens (including phenoxy) is 3. The summed E-state index contributed by atoms with van der Waals surface area (Å²) in [5, 5.41) is 10.7. The smallest absolute Gasteiger partial charge is 0.410 e. The number of carbonyl (C=O) groups is 3. The number of amides is 1. The van der Waals surface area contributed by atoms with Gasteiger partial charge in [0.05, 0.1) is 12.0 Å². The lowest BCUT2D eigenvalue weighted by atomic mass is 9.60. The van der Waals surface area contributed by atoms with E-state index in [2.05, 4.69) is 0 Å². The fourth-order valence-electron chi connectivity index (χ4n) is 5.98. The molecule has 0 radical (unpaired) electrons. The maximum Gasteiger partial charge on any atom is 0.410 e. The van der Waals surface area contributed by atoms with Crippen molar-refractivity contribution in [2.24, 2.45) is 11.3 Å². The van der Waals surface area contributed by atoms with Crippen LogP contribution >= 0.6 is 0 Å². The van der Waals surface area contributed by atoms with Crippen LogP contribution in [0.2, 0.25) is 0 Å². The topological polar surface area (TPSA) is 102 Å². The van der Waals surface area contributed by atoms with Gasteiger partial charge in [0.2, 0.25) is 0 Å². The zero-order valence-corrected chi connectivity index (χ0v) is 24.4. The van der Waals surface area contributed by atoms with E-state index in [1.165, 1.54) is 17.0 Å². The summed E-state index contributed by atoms with van der Waals surface area (Å²) in [4.78, 5) is 42.1. The maximum atomic E-state index is 14.9. The summed E-state index contributed by atoms with van der Waals surface area (Å²) in [5.41, 5.74) is -1.36. The van der Waals surface area contributed by atoms with Crippen molar-refractivity contribution in [3.8, 4) is 5.75 Å². The van der Waals surface area contributed by atoms with E-state index < -0.39 is 47.0 Å². The minimum absolute atomic E-state index is 0.0831. The molecule has 1 N–H and O–H groups in total. The number of Topliss-reactive ketones (excluding diaryl/α,β-unsaturated/α-hetero) is 1. The lowest BCUT2D eigenvalue weighted by Gasteiger charge is -2.49. The van der Waals surface area contributed by atoms with Crippen molar-refractivity contribution in [3.63, 3.8) is 0 Å². The highest BCUT2D eigenvalue weighted by Gasteiger charge is 2.56. The normalized spacial score (nSPS) is 24.9. The van der Waals surface area contributed by atoms with Crippen LogP contribution in [0.25, 0.3) is 0 Å². The highest BCUT2D eigenvalue weighted by molar-refractivity contribution is 6.00. The van der Waals surface area contributed by atoms with Crippen LogP contribution in [0.1, 0.15) is 80.8 Å². The first kappa shape index (κ1) is 30.5. The van der Waals surface area contributed by atoms with E-state index in [1.54, 1.807) is 65.0 Å². The van der Waals surface area contributed by atoms with E-state index in [0.717, 1.165) is 19.3 Å². The molecule has 1 amide bonds. The Kier molecular flexibility index (Phi) is 9.07. The molecule has 2 aromatic carbocycles. The van der Waals surface area contributed by atoms with Gasteiger partial charge < -0.3 is 24.2 Å². The van der Waals surface area contributed by atoms with Gasteiger partial charge in [0, 0.05) is 36.9 Å². The zero-order valence-electron chi connectivity index (χ0n) is 24.4. The molecule has 41 heavy (non-hydrogen) atoms. The number of rotatable bonds is 7. The molecule has 2 aliphatic rings. The predicted molar refractivity (Wildman–Crippen MR) is 151 cm³/mol. The standard InChI is InChI=1S/C32H40FNO7/c1-6-32(29(36)37)19-34(30(38)41-31(3,4)5)18-24(27(32)23-13-10-14-25(33)20(23)2)28(35)21-11-9-12-22(17-21)40-26-15-7-8-16-39-26/h9-14,17,24,26-27H,6-8,15-16,18-19H2,1-5H3,(H,36,37)/t24-,26?,27-,32-/m0/s1. The second-order valence-electron chi connectivity index (χ2n) is 12.0. The summed E-state index contributed by atoms with van der Waals surface area (Å²) in [6.45, 7) is 8.82. The first-order valence-electron chi connectivity index (χ1n) is 14.2. The van der Waals surface area contributed by atoms with Crippen molar-refractivity contribution in [2.75, 3.05) is 19.7 Å². The van der Waals surface area contributed by atoms with E-state index >= 15 is 0 Å². The Morgan fingerprint density at radius 3 is 2.51 bits per heavy atom. The van der Waals surface area contributed by atoms with Crippen LogP contribution < -0.4 is 4.74 Å². The Bertz CT molecular complexity index is 1280. The van der Waals surface area contributed by atoms with Crippen LogP contribution in [0.5, 0.6) is 5.75 Å². The molecule has 4 atom stereocenters. The summed E-state index contributed by atoms with van der Waals surface area (Å²) in [7, 11) is 0.